The van der Waals surface area contributed by atoms with Crippen molar-refractivity contribution in [2.45, 2.75) is 38.5 Å². The van der Waals surface area contributed by atoms with Gasteiger partial charge < -0.3 is 9.64 Å². The summed E-state index contributed by atoms with van der Waals surface area (Å²) in [6, 6.07) is 10.2. The lowest BCUT2D eigenvalue weighted by Crippen LogP contribution is -2.36. The van der Waals surface area contributed by atoms with Crippen molar-refractivity contribution in [3.63, 3.8) is 0 Å². The van der Waals surface area contributed by atoms with Gasteiger partial charge in [0.1, 0.15) is 6.23 Å². The summed E-state index contributed by atoms with van der Waals surface area (Å²) >= 11 is 0. The molecule has 1 saturated heterocycles. The Morgan fingerprint density at radius 2 is 1.95 bits per heavy atom. The Morgan fingerprint density at radius 3 is 2.68 bits per heavy atom. The molecular formula is C16H21NO2. The Labute approximate surface area is 114 Å². The zero-order chi connectivity index (χ0) is 13.2. The van der Waals surface area contributed by atoms with Crippen molar-refractivity contribution in [3.8, 4) is 0 Å². The monoisotopic (exact) mass is 259 g/mol. The highest BCUT2D eigenvalue weighted by molar-refractivity contribution is 5.82. The molecule has 2 aliphatic rings. The second-order valence-electron chi connectivity index (χ2n) is 5.63. The number of nitrogens with zero attached hydrogens (tertiary/aromatic N) is 1. The number of ether oxygens (including phenoxy) is 1. The molecule has 102 valence electrons. The van der Waals surface area contributed by atoms with Crippen LogP contribution in [0.25, 0.3) is 0 Å². The average Bonchev–Trinajstić information content (AvgIpc) is 2.73. The molecule has 0 aromatic heterocycles. The van der Waals surface area contributed by atoms with Crippen LogP contribution in [-0.2, 0) is 16.1 Å². The Bertz CT molecular complexity index is 445. The van der Waals surface area contributed by atoms with Crippen LogP contribution in [0, 0.1) is 11.8 Å². The summed E-state index contributed by atoms with van der Waals surface area (Å²) in [7, 11) is 1.73. The van der Waals surface area contributed by atoms with E-state index in [0.717, 1.165) is 12.8 Å². The maximum Gasteiger partial charge on any atom is 0.228 e. The summed E-state index contributed by atoms with van der Waals surface area (Å²) in [4.78, 5) is 14.5. The van der Waals surface area contributed by atoms with Gasteiger partial charge in [0.05, 0.1) is 0 Å². The van der Waals surface area contributed by atoms with E-state index in [4.69, 9.17) is 4.74 Å². The molecule has 1 amide bonds. The third-order valence-electron chi connectivity index (χ3n) is 4.53. The van der Waals surface area contributed by atoms with E-state index in [-0.39, 0.29) is 12.1 Å². The van der Waals surface area contributed by atoms with Gasteiger partial charge in [-0.2, -0.15) is 0 Å². The zero-order valence-electron chi connectivity index (χ0n) is 11.4. The second-order valence-corrected chi connectivity index (χ2v) is 5.63. The lowest BCUT2D eigenvalue weighted by Gasteiger charge is -2.28. The third-order valence-corrected chi connectivity index (χ3v) is 4.53. The Balaban J connectivity index is 1.81. The predicted molar refractivity (Wildman–Crippen MR) is 73.2 cm³/mol. The first kappa shape index (κ1) is 12.7. The molecule has 1 heterocycles. The molecule has 1 aliphatic carbocycles. The molecule has 1 aliphatic heterocycles. The van der Waals surface area contributed by atoms with E-state index >= 15 is 0 Å². The number of carbonyl (C=O) groups is 1. The molecule has 0 N–H and O–H groups in total. The minimum atomic E-state index is -0.0296. The first-order valence-electron chi connectivity index (χ1n) is 7.18. The fourth-order valence-corrected chi connectivity index (χ4v) is 3.63. The van der Waals surface area contributed by atoms with Crippen molar-refractivity contribution < 1.29 is 9.53 Å². The molecule has 1 aromatic carbocycles. The van der Waals surface area contributed by atoms with Crippen LogP contribution in [0.1, 0.15) is 31.2 Å². The molecule has 0 unspecified atom stereocenters. The number of benzene rings is 1. The highest BCUT2D eigenvalue weighted by atomic mass is 16.5. The van der Waals surface area contributed by atoms with Gasteiger partial charge in [0.25, 0.3) is 0 Å². The smallest absolute Gasteiger partial charge is 0.228 e. The number of hydrogen-bond donors (Lipinski definition) is 0. The van der Waals surface area contributed by atoms with Crippen LogP contribution in [-0.4, -0.2) is 24.1 Å². The van der Waals surface area contributed by atoms with Gasteiger partial charge in [0.15, 0.2) is 0 Å². The predicted octanol–water partition coefficient (Wildman–Crippen LogP) is 2.81. The molecule has 0 radical (unpaired) electrons. The van der Waals surface area contributed by atoms with Crippen molar-refractivity contribution in [3.05, 3.63) is 35.9 Å². The number of fused-ring (bicyclic) bond motifs is 1. The Morgan fingerprint density at radius 1 is 1.21 bits per heavy atom. The third kappa shape index (κ3) is 2.27. The van der Waals surface area contributed by atoms with Crippen molar-refractivity contribution >= 4 is 5.91 Å². The van der Waals surface area contributed by atoms with E-state index < -0.39 is 0 Å². The van der Waals surface area contributed by atoms with E-state index in [1.807, 2.05) is 23.1 Å². The SMILES string of the molecule is CO[C@@H]1[C@H]2CCCC[C@H]2C(=O)N1Cc1ccccc1. The molecule has 19 heavy (non-hydrogen) atoms. The summed E-state index contributed by atoms with van der Waals surface area (Å²) < 4.78 is 5.64. The van der Waals surface area contributed by atoms with Crippen LogP contribution in [0.2, 0.25) is 0 Å². The molecule has 0 spiro atoms. The normalized spacial score (nSPS) is 30.5. The van der Waals surface area contributed by atoms with E-state index in [1.165, 1.54) is 18.4 Å². The first-order valence-corrected chi connectivity index (χ1v) is 7.18. The minimum absolute atomic E-state index is 0.0296. The molecule has 1 saturated carbocycles. The second kappa shape index (κ2) is 5.33. The highest BCUT2D eigenvalue weighted by Gasteiger charge is 2.48. The van der Waals surface area contributed by atoms with Gasteiger partial charge in [0, 0.05) is 25.5 Å². The summed E-state index contributed by atoms with van der Waals surface area (Å²) in [5.41, 5.74) is 1.18. The van der Waals surface area contributed by atoms with Crippen LogP contribution in [0.15, 0.2) is 30.3 Å². The van der Waals surface area contributed by atoms with Gasteiger partial charge in [-0.1, -0.05) is 43.2 Å². The molecular weight excluding hydrogens is 238 g/mol. The Kier molecular flexibility index (Phi) is 3.56. The van der Waals surface area contributed by atoms with Gasteiger partial charge in [-0.3, -0.25) is 4.79 Å². The minimum Gasteiger partial charge on any atom is -0.361 e. The van der Waals surface area contributed by atoms with Crippen LogP contribution < -0.4 is 0 Å². The van der Waals surface area contributed by atoms with Crippen LogP contribution in [0.5, 0.6) is 0 Å². The van der Waals surface area contributed by atoms with Crippen LogP contribution in [0.3, 0.4) is 0 Å². The quantitative estimate of drug-likeness (QED) is 0.835. The van der Waals surface area contributed by atoms with Crippen molar-refractivity contribution in [2.75, 3.05) is 7.11 Å². The summed E-state index contributed by atoms with van der Waals surface area (Å²) in [5.74, 6) is 0.887. The maximum atomic E-state index is 12.6. The van der Waals surface area contributed by atoms with E-state index in [0.29, 0.717) is 18.4 Å². The number of methoxy groups -OCH3 is 1. The first-order chi connectivity index (χ1) is 9.31. The Hall–Kier alpha value is -1.35. The van der Waals surface area contributed by atoms with E-state index in [9.17, 15) is 4.79 Å². The van der Waals surface area contributed by atoms with Gasteiger partial charge in [0.2, 0.25) is 5.91 Å². The van der Waals surface area contributed by atoms with Gasteiger partial charge in [-0.05, 0) is 18.4 Å². The molecule has 0 bridgehead atoms. The number of carbonyl (C=O) groups excluding carboxylic acids is 1. The van der Waals surface area contributed by atoms with Crippen molar-refractivity contribution in [1.29, 1.82) is 0 Å². The summed E-state index contributed by atoms with van der Waals surface area (Å²) in [5, 5.41) is 0. The molecule has 1 aromatic rings. The molecule has 3 heteroatoms. The topological polar surface area (TPSA) is 29.5 Å². The maximum absolute atomic E-state index is 12.6. The summed E-state index contributed by atoms with van der Waals surface area (Å²) in [6.45, 7) is 0.672. The van der Waals surface area contributed by atoms with Gasteiger partial charge >= 0.3 is 0 Å². The molecule has 3 atom stereocenters. The van der Waals surface area contributed by atoms with E-state index in [1.54, 1.807) is 7.11 Å². The van der Waals surface area contributed by atoms with Gasteiger partial charge in [-0.15, -0.1) is 0 Å². The number of likely N-dealkylation sites (tertiary alicyclic amines) is 1. The highest BCUT2D eigenvalue weighted by Crippen LogP contribution is 2.42. The average molecular weight is 259 g/mol. The molecule has 3 nitrogen and oxygen atoms in total. The fourth-order valence-electron chi connectivity index (χ4n) is 3.63. The largest absolute Gasteiger partial charge is 0.361 e. The molecule has 2 fully saturated rings. The number of rotatable bonds is 3. The lowest BCUT2D eigenvalue weighted by atomic mass is 9.81. The van der Waals surface area contributed by atoms with Gasteiger partial charge in [-0.25, -0.2) is 0 Å². The number of amides is 1. The zero-order valence-corrected chi connectivity index (χ0v) is 11.4. The lowest BCUT2D eigenvalue weighted by molar-refractivity contribution is -0.138. The van der Waals surface area contributed by atoms with Crippen LogP contribution in [0.4, 0.5) is 0 Å². The fraction of sp³-hybridized carbons (Fsp3) is 0.562. The standard InChI is InChI=1S/C16H21NO2/c1-19-16-14-10-6-5-9-13(14)15(18)17(16)11-12-7-3-2-4-8-12/h2-4,7-8,13-14,16H,5-6,9-11H2,1H3/t13-,14+,16-/m1/s1. The number of hydrogen-bond acceptors (Lipinski definition) is 2. The molecule has 3 rings (SSSR count). The van der Waals surface area contributed by atoms with Crippen molar-refractivity contribution in [1.82, 2.24) is 4.90 Å². The van der Waals surface area contributed by atoms with Crippen LogP contribution >= 0.6 is 0 Å². The summed E-state index contributed by atoms with van der Waals surface area (Å²) in [6.07, 6.45) is 4.54. The van der Waals surface area contributed by atoms with Crippen molar-refractivity contribution in [2.24, 2.45) is 11.8 Å². The van der Waals surface area contributed by atoms with E-state index in [2.05, 4.69) is 12.1 Å².